The van der Waals surface area contributed by atoms with Crippen LogP contribution in [0.1, 0.15) is 38.3 Å². The molecular weight excluding hydrogens is 250 g/mol. The summed E-state index contributed by atoms with van der Waals surface area (Å²) < 4.78 is 5.28. The van der Waals surface area contributed by atoms with Gasteiger partial charge < -0.3 is 4.74 Å². The van der Waals surface area contributed by atoms with E-state index in [4.69, 9.17) is 4.74 Å². The number of rotatable bonds is 5. The highest BCUT2D eigenvalue weighted by molar-refractivity contribution is 5.65. The lowest BCUT2D eigenvalue weighted by Gasteiger charge is -2.34. The maximum atomic E-state index is 11.1. The van der Waals surface area contributed by atoms with Gasteiger partial charge in [0.25, 0.3) is 0 Å². The SMILES string of the molecule is CCC1=CCCN([C@@H](COC(C)=O)c2ccccc2)C1. The maximum Gasteiger partial charge on any atom is 0.302 e. The zero-order chi connectivity index (χ0) is 14.4. The standard InChI is InChI=1S/C17H23NO2/c1-3-15-8-7-11-18(12-15)17(13-20-14(2)19)16-9-5-4-6-10-16/h4-6,8-10,17H,3,7,11-13H2,1-2H3/t17-/m0/s1. The van der Waals surface area contributed by atoms with Gasteiger partial charge in [0, 0.05) is 20.0 Å². The van der Waals surface area contributed by atoms with Crippen LogP contribution in [-0.2, 0) is 9.53 Å². The Morgan fingerprint density at radius 3 is 2.75 bits per heavy atom. The molecule has 1 aliphatic heterocycles. The minimum atomic E-state index is -0.214. The summed E-state index contributed by atoms with van der Waals surface area (Å²) in [6.07, 6.45) is 4.50. The van der Waals surface area contributed by atoms with Crippen LogP contribution in [0.15, 0.2) is 42.0 Å². The highest BCUT2D eigenvalue weighted by atomic mass is 16.5. The summed E-state index contributed by atoms with van der Waals surface area (Å²) in [5, 5.41) is 0. The number of benzene rings is 1. The second-order valence-electron chi connectivity index (χ2n) is 5.20. The lowest BCUT2D eigenvalue weighted by molar-refractivity contribution is -0.142. The van der Waals surface area contributed by atoms with Crippen molar-refractivity contribution in [2.24, 2.45) is 0 Å². The van der Waals surface area contributed by atoms with Crippen molar-refractivity contribution in [1.82, 2.24) is 4.90 Å². The van der Waals surface area contributed by atoms with E-state index in [0.29, 0.717) is 6.61 Å². The fraction of sp³-hybridized carbons (Fsp3) is 0.471. The van der Waals surface area contributed by atoms with E-state index in [1.807, 2.05) is 18.2 Å². The van der Waals surface area contributed by atoms with E-state index in [-0.39, 0.29) is 12.0 Å². The third-order valence-corrected chi connectivity index (χ3v) is 3.78. The molecular formula is C17H23NO2. The Hall–Kier alpha value is -1.61. The minimum Gasteiger partial charge on any atom is -0.464 e. The molecule has 0 fully saturated rings. The van der Waals surface area contributed by atoms with E-state index in [1.54, 1.807) is 0 Å². The number of nitrogens with zero attached hydrogens (tertiary/aromatic N) is 1. The molecule has 0 N–H and O–H groups in total. The summed E-state index contributed by atoms with van der Waals surface area (Å²) in [6.45, 7) is 6.08. The van der Waals surface area contributed by atoms with E-state index in [0.717, 1.165) is 25.9 Å². The second kappa shape index (κ2) is 7.25. The van der Waals surface area contributed by atoms with Gasteiger partial charge in [-0.05, 0) is 18.4 Å². The van der Waals surface area contributed by atoms with Crippen LogP contribution >= 0.6 is 0 Å². The predicted octanol–water partition coefficient (Wildman–Crippen LogP) is 3.33. The molecule has 3 heteroatoms. The summed E-state index contributed by atoms with van der Waals surface area (Å²) in [4.78, 5) is 13.5. The zero-order valence-electron chi connectivity index (χ0n) is 12.3. The van der Waals surface area contributed by atoms with Crippen molar-refractivity contribution >= 4 is 5.97 Å². The van der Waals surface area contributed by atoms with Crippen molar-refractivity contribution in [2.75, 3.05) is 19.7 Å². The highest BCUT2D eigenvalue weighted by Crippen LogP contribution is 2.25. The van der Waals surface area contributed by atoms with Gasteiger partial charge in [-0.25, -0.2) is 0 Å². The van der Waals surface area contributed by atoms with Crippen molar-refractivity contribution in [3.05, 3.63) is 47.5 Å². The van der Waals surface area contributed by atoms with Gasteiger partial charge >= 0.3 is 5.97 Å². The molecule has 0 bridgehead atoms. The van der Waals surface area contributed by atoms with Gasteiger partial charge in [0.15, 0.2) is 0 Å². The van der Waals surface area contributed by atoms with Crippen LogP contribution in [0.2, 0.25) is 0 Å². The summed E-state index contributed by atoms with van der Waals surface area (Å²) in [5.41, 5.74) is 2.69. The number of carbonyl (C=O) groups excluding carboxylic acids is 1. The second-order valence-corrected chi connectivity index (χ2v) is 5.20. The van der Waals surface area contributed by atoms with Gasteiger partial charge in [0.05, 0.1) is 6.04 Å². The van der Waals surface area contributed by atoms with Crippen molar-refractivity contribution in [3.8, 4) is 0 Å². The van der Waals surface area contributed by atoms with Gasteiger partial charge in [-0.1, -0.05) is 48.9 Å². The smallest absolute Gasteiger partial charge is 0.302 e. The van der Waals surface area contributed by atoms with E-state index in [1.165, 1.54) is 18.1 Å². The summed E-state index contributed by atoms with van der Waals surface area (Å²) in [5.74, 6) is -0.214. The first-order chi connectivity index (χ1) is 9.70. The average Bonchev–Trinajstić information content (AvgIpc) is 2.48. The Kier molecular flexibility index (Phi) is 5.36. The molecule has 0 amide bonds. The fourth-order valence-corrected chi connectivity index (χ4v) is 2.65. The Bertz CT molecular complexity index is 467. The Morgan fingerprint density at radius 1 is 1.35 bits per heavy atom. The van der Waals surface area contributed by atoms with E-state index >= 15 is 0 Å². The predicted molar refractivity (Wildman–Crippen MR) is 80.4 cm³/mol. The molecule has 0 unspecified atom stereocenters. The lowest BCUT2D eigenvalue weighted by Crippen LogP contribution is -2.36. The number of ether oxygens (including phenoxy) is 1. The fourth-order valence-electron chi connectivity index (χ4n) is 2.65. The molecule has 3 nitrogen and oxygen atoms in total. The van der Waals surface area contributed by atoms with Gasteiger partial charge in [0.2, 0.25) is 0 Å². The van der Waals surface area contributed by atoms with Gasteiger partial charge in [0.1, 0.15) is 6.61 Å². The summed E-state index contributed by atoms with van der Waals surface area (Å²) >= 11 is 0. The monoisotopic (exact) mass is 273 g/mol. The normalized spacial score (nSPS) is 17.4. The molecule has 1 atom stereocenters. The van der Waals surface area contributed by atoms with Crippen LogP contribution in [-0.4, -0.2) is 30.6 Å². The lowest BCUT2D eigenvalue weighted by atomic mass is 10.0. The average molecular weight is 273 g/mol. The van der Waals surface area contributed by atoms with Crippen LogP contribution in [0, 0.1) is 0 Å². The Morgan fingerprint density at radius 2 is 2.10 bits per heavy atom. The van der Waals surface area contributed by atoms with Crippen molar-refractivity contribution in [2.45, 2.75) is 32.7 Å². The quantitative estimate of drug-likeness (QED) is 0.609. The first-order valence-corrected chi connectivity index (χ1v) is 7.31. The largest absolute Gasteiger partial charge is 0.464 e. The molecule has 1 aromatic rings. The van der Waals surface area contributed by atoms with Crippen LogP contribution < -0.4 is 0 Å². The number of esters is 1. The van der Waals surface area contributed by atoms with Crippen LogP contribution in [0.5, 0.6) is 0 Å². The van der Waals surface area contributed by atoms with Gasteiger partial charge in [-0.3, -0.25) is 9.69 Å². The molecule has 0 spiro atoms. The summed E-state index contributed by atoms with van der Waals surface area (Å²) in [6, 6.07) is 10.5. The third-order valence-electron chi connectivity index (χ3n) is 3.78. The van der Waals surface area contributed by atoms with Gasteiger partial charge in [-0.2, -0.15) is 0 Å². The molecule has 0 radical (unpaired) electrons. The highest BCUT2D eigenvalue weighted by Gasteiger charge is 2.23. The topological polar surface area (TPSA) is 29.5 Å². The molecule has 20 heavy (non-hydrogen) atoms. The number of hydrogen-bond acceptors (Lipinski definition) is 3. The molecule has 1 aromatic carbocycles. The Balaban J connectivity index is 2.14. The van der Waals surface area contributed by atoms with E-state index < -0.39 is 0 Å². The Labute approximate surface area is 121 Å². The molecule has 0 saturated heterocycles. The van der Waals surface area contributed by atoms with Crippen molar-refractivity contribution in [3.63, 3.8) is 0 Å². The van der Waals surface area contributed by atoms with Crippen molar-refractivity contribution < 1.29 is 9.53 Å². The minimum absolute atomic E-state index is 0.148. The van der Waals surface area contributed by atoms with Gasteiger partial charge in [-0.15, -0.1) is 0 Å². The molecule has 0 saturated carbocycles. The first-order valence-electron chi connectivity index (χ1n) is 7.31. The molecule has 1 aliphatic rings. The van der Waals surface area contributed by atoms with Crippen LogP contribution in [0.3, 0.4) is 0 Å². The molecule has 108 valence electrons. The maximum absolute atomic E-state index is 11.1. The molecule has 0 aromatic heterocycles. The van der Waals surface area contributed by atoms with E-state index in [2.05, 4.69) is 30.0 Å². The van der Waals surface area contributed by atoms with Crippen molar-refractivity contribution in [1.29, 1.82) is 0 Å². The van der Waals surface area contributed by atoms with E-state index in [9.17, 15) is 4.79 Å². The van der Waals surface area contributed by atoms with Crippen LogP contribution in [0.25, 0.3) is 0 Å². The molecule has 1 heterocycles. The summed E-state index contributed by atoms with van der Waals surface area (Å²) in [7, 11) is 0. The number of hydrogen-bond donors (Lipinski definition) is 0. The van der Waals surface area contributed by atoms with Crippen LogP contribution in [0.4, 0.5) is 0 Å². The third kappa shape index (κ3) is 3.94. The zero-order valence-corrected chi connectivity index (χ0v) is 12.3. The molecule has 0 aliphatic carbocycles. The first kappa shape index (κ1) is 14.8. The molecule has 2 rings (SSSR count). The number of carbonyl (C=O) groups is 1.